The average Bonchev–Trinajstić information content (AvgIpc) is 2.97. The molecule has 2 amide bonds. The molecule has 0 heterocycles. The molecule has 7 N–H and O–H groups in total. The summed E-state index contributed by atoms with van der Waals surface area (Å²) < 4.78 is 71.1. The largest absolute Gasteiger partial charge is 0.386 e. The van der Waals surface area contributed by atoms with Gasteiger partial charge in [-0.3, -0.25) is 14.5 Å². The first-order chi connectivity index (χ1) is 20.7. The molecule has 0 spiro atoms. The Hall–Kier alpha value is -2.51. The van der Waals surface area contributed by atoms with E-state index in [0.717, 1.165) is 12.5 Å². The zero-order valence-electron chi connectivity index (χ0n) is 24.0. The molecule has 0 radical (unpaired) electrons. The first kappa shape index (κ1) is 45.6. The lowest BCUT2D eigenvalue weighted by Gasteiger charge is -2.22. The minimum Gasteiger partial charge on any atom is -0.386 e. The van der Waals surface area contributed by atoms with Crippen LogP contribution < -0.4 is 16.8 Å². The van der Waals surface area contributed by atoms with Gasteiger partial charge in [0.25, 0.3) is 11.8 Å². The SMILES string of the molecule is CS(=O)(=O)c1ccc([C@@H](O)[C@@H](CF)NC(=O)C(Cl)Cl)cc1.CS(=O)(=O)c1ccc([C@@H](O)[C@@H](CF)NC(=O)C(Cl)Cl)cc1.N.[N-]=[N+]=[N-]. The van der Waals surface area contributed by atoms with E-state index < -0.39 is 78.8 Å². The van der Waals surface area contributed by atoms with Crippen molar-refractivity contribution in [2.45, 2.75) is 43.8 Å². The molecule has 0 aliphatic rings. The normalized spacial score (nSPS) is 13.7. The van der Waals surface area contributed by atoms with Crippen molar-refractivity contribution in [2.24, 2.45) is 0 Å². The van der Waals surface area contributed by atoms with Gasteiger partial charge >= 0.3 is 0 Å². The van der Waals surface area contributed by atoms with Crippen molar-refractivity contribution < 1.29 is 45.4 Å². The molecule has 2 rings (SSSR count). The number of aliphatic hydroxyl groups excluding tert-OH is 2. The second-order valence-corrected chi connectivity index (χ2v) is 15.0. The number of hydrogen-bond donors (Lipinski definition) is 5. The molecule has 0 aromatic heterocycles. The van der Waals surface area contributed by atoms with Gasteiger partial charge in [-0.05, 0) is 35.4 Å². The van der Waals surface area contributed by atoms with Crippen LogP contribution in [0.5, 0.6) is 0 Å². The third-order valence-corrected chi connectivity index (χ3v) is 8.50. The van der Waals surface area contributed by atoms with E-state index in [4.69, 9.17) is 57.5 Å². The zero-order valence-corrected chi connectivity index (χ0v) is 28.6. The molecule has 2 aromatic carbocycles. The van der Waals surface area contributed by atoms with Crippen LogP contribution in [0.3, 0.4) is 0 Å². The van der Waals surface area contributed by atoms with Gasteiger partial charge in [0, 0.05) is 12.5 Å². The van der Waals surface area contributed by atoms with Gasteiger partial charge < -0.3 is 38.1 Å². The maximum Gasteiger partial charge on any atom is 0.253 e. The van der Waals surface area contributed by atoms with Crippen LogP contribution in [0.25, 0.3) is 16.0 Å². The summed E-state index contributed by atoms with van der Waals surface area (Å²) in [4.78, 5) is 21.5. The lowest BCUT2D eigenvalue weighted by Crippen LogP contribution is -2.43. The maximum atomic E-state index is 12.9. The Morgan fingerprint density at radius 2 is 0.957 bits per heavy atom. The number of nitrogens with one attached hydrogen (secondary N) is 2. The van der Waals surface area contributed by atoms with Crippen LogP contribution in [0.1, 0.15) is 23.3 Å². The van der Waals surface area contributed by atoms with Crippen LogP contribution in [0.2, 0.25) is 0 Å². The summed E-state index contributed by atoms with van der Waals surface area (Å²) in [6.45, 7) is -2.08. The van der Waals surface area contributed by atoms with Crippen molar-refractivity contribution in [1.82, 2.24) is 16.8 Å². The lowest BCUT2D eigenvalue weighted by molar-refractivity contribution is -0.122. The van der Waals surface area contributed by atoms with Gasteiger partial charge in [-0.25, -0.2) is 25.6 Å². The predicted octanol–water partition coefficient (Wildman–Crippen LogP) is 3.79. The van der Waals surface area contributed by atoms with Crippen molar-refractivity contribution in [3.05, 3.63) is 75.6 Å². The summed E-state index contributed by atoms with van der Waals surface area (Å²) in [7, 11) is -6.72. The highest BCUT2D eigenvalue weighted by atomic mass is 35.5. The standard InChI is InChI=1S/2C12H14Cl2FNO4S.N3.H3N/c2*1-21(19,20)8-4-2-7(3-5-8)10(17)9(6-15)16-12(18)11(13)14;1-3-2;/h2*2-5,9-11,17H,6H2,1H3,(H,16,18);;1H3/q;;-1;/t2*9-,10-;;/m11../s1. The quantitative estimate of drug-likeness (QED) is 0.0908. The molecule has 0 saturated carbocycles. The molecular formula is C24H31Cl4F2N6O8S2-. The fraction of sp³-hybridized carbons (Fsp3) is 0.417. The molecule has 0 fully saturated rings. The molecular weight excluding hydrogens is 744 g/mol. The van der Waals surface area contributed by atoms with Crippen LogP contribution >= 0.6 is 46.4 Å². The highest BCUT2D eigenvalue weighted by Crippen LogP contribution is 2.22. The summed E-state index contributed by atoms with van der Waals surface area (Å²) in [5, 5.41) is 24.4. The molecule has 0 bridgehead atoms. The fourth-order valence-electron chi connectivity index (χ4n) is 3.18. The summed E-state index contributed by atoms with van der Waals surface area (Å²) in [5.41, 5.74) is 14.0. The number of alkyl halides is 6. The van der Waals surface area contributed by atoms with Gasteiger partial charge in [0.1, 0.15) is 25.6 Å². The van der Waals surface area contributed by atoms with Crippen LogP contribution in [-0.4, -0.2) is 86.5 Å². The Labute approximate surface area is 284 Å². The number of halogens is 6. The minimum absolute atomic E-state index is 0. The van der Waals surface area contributed by atoms with Gasteiger partial charge in [0.15, 0.2) is 29.3 Å². The van der Waals surface area contributed by atoms with E-state index in [-0.39, 0.29) is 27.1 Å². The van der Waals surface area contributed by atoms with Crippen molar-refractivity contribution in [3.8, 4) is 0 Å². The topological polar surface area (TPSA) is 261 Å². The molecule has 0 unspecified atom stereocenters. The van der Waals surface area contributed by atoms with E-state index in [1.54, 1.807) is 0 Å². The fourth-order valence-corrected chi connectivity index (χ4v) is 4.70. The van der Waals surface area contributed by atoms with Gasteiger partial charge in [-0.15, -0.1) is 0 Å². The van der Waals surface area contributed by atoms with Crippen LogP contribution in [-0.2, 0) is 29.3 Å². The first-order valence-electron chi connectivity index (χ1n) is 12.0. The Morgan fingerprint density at radius 1 is 0.717 bits per heavy atom. The van der Waals surface area contributed by atoms with Gasteiger partial charge in [-0.2, -0.15) is 0 Å². The third-order valence-electron chi connectivity index (χ3n) is 5.45. The molecule has 46 heavy (non-hydrogen) atoms. The van der Waals surface area contributed by atoms with Crippen molar-refractivity contribution in [1.29, 1.82) is 0 Å². The molecule has 0 aliphatic carbocycles. The zero-order chi connectivity index (χ0) is 35.1. The summed E-state index contributed by atoms with van der Waals surface area (Å²) in [6.07, 6.45) is -0.631. The lowest BCUT2D eigenvalue weighted by atomic mass is 10.0. The van der Waals surface area contributed by atoms with E-state index >= 15 is 0 Å². The Kier molecular flexibility index (Phi) is 21.2. The summed E-state index contributed by atoms with van der Waals surface area (Å²) in [5.74, 6) is -1.65. The van der Waals surface area contributed by atoms with E-state index in [2.05, 4.69) is 10.6 Å². The maximum absolute atomic E-state index is 12.9. The Balaban J connectivity index is 0. The van der Waals surface area contributed by atoms with Gasteiger partial charge in [0.2, 0.25) is 0 Å². The van der Waals surface area contributed by atoms with E-state index in [0.29, 0.717) is 0 Å². The second kappa shape index (κ2) is 21.4. The number of nitrogens with zero attached hydrogens (tertiary/aromatic N) is 3. The number of rotatable bonds is 12. The number of aliphatic hydroxyl groups is 2. The van der Waals surface area contributed by atoms with Gasteiger partial charge in [0.05, 0.1) is 21.9 Å². The first-order valence-corrected chi connectivity index (χ1v) is 17.5. The molecule has 4 atom stereocenters. The van der Waals surface area contributed by atoms with E-state index in [1.165, 1.54) is 53.4 Å². The Bertz CT molecular complexity index is 1390. The van der Waals surface area contributed by atoms with Crippen molar-refractivity contribution in [3.63, 3.8) is 0 Å². The summed E-state index contributed by atoms with van der Waals surface area (Å²) in [6, 6.07) is 8.05. The molecule has 14 nitrogen and oxygen atoms in total. The van der Waals surface area contributed by atoms with Crippen molar-refractivity contribution >= 4 is 77.9 Å². The second-order valence-electron chi connectivity index (χ2n) is 8.80. The average molecular weight is 775 g/mol. The van der Waals surface area contributed by atoms with Gasteiger partial charge in [-0.1, -0.05) is 70.7 Å². The monoisotopic (exact) mass is 773 g/mol. The molecule has 2 aromatic rings. The molecule has 22 heteroatoms. The predicted molar refractivity (Wildman–Crippen MR) is 171 cm³/mol. The number of carbonyl (C=O) groups excluding carboxylic acids is 2. The highest BCUT2D eigenvalue weighted by Gasteiger charge is 2.26. The number of carbonyl (C=O) groups is 2. The molecule has 260 valence electrons. The summed E-state index contributed by atoms with van der Waals surface area (Å²) >= 11 is 21.3. The minimum atomic E-state index is -3.36. The molecule has 0 saturated heterocycles. The van der Waals surface area contributed by atoms with Crippen LogP contribution in [0.15, 0.2) is 58.3 Å². The number of sulfone groups is 2. The smallest absolute Gasteiger partial charge is 0.253 e. The van der Waals surface area contributed by atoms with Crippen LogP contribution in [0.4, 0.5) is 8.78 Å². The highest BCUT2D eigenvalue weighted by molar-refractivity contribution is 7.91. The number of hydrogen-bond acceptors (Lipinski definition) is 9. The number of amides is 2. The van der Waals surface area contributed by atoms with E-state index in [1.807, 2.05) is 0 Å². The molecule has 0 aliphatic heterocycles. The third kappa shape index (κ3) is 15.9. The Morgan fingerprint density at radius 3 is 1.13 bits per heavy atom. The van der Waals surface area contributed by atoms with Crippen molar-refractivity contribution in [2.75, 3.05) is 25.9 Å². The van der Waals surface area contributed by atoms with Crippen LogP contribution in [0, 0.1) is 0 Å². The van der Waals surface area contributed by atoms with E-state index in [9.17, 15) is 45.4 Å². The number of benzene rings is 2.